The van der Waals surface area contributed by atoms with Crippen molar-refractivity contribution in [3.63, 3.8) is 0 Å². The van der Waals surface area contributed by atoms with Crippen molar-refractivity contribution in [2.24, 2.45) is 0 Å². The van der Waals surface area contributed by atoms with Gasteiger partial charge in [0, 0.05) is 0 Å². The molecule has 0 spiro atoms. The van der Waals surface area contributed by atoms with Crippen LogP contribution in [0, 0.1) is 0 Å². The molecule has 0 saturated heterocycles. The summed E-state index contributed by atoms with van der Waals surface area (Å²) in [5, 5.41) is -4.03. The molecule has 0 saturated carbocycles. The minimum atomic E-state index is -6.09. The summed E-state index contributed by atoms with van der Waals surface area (Å²) in [6.45, 7) is 0. The van der Waals surface area contributed by atoms with E-state index in [0.717, 1.165) is 0 Å². The van der Waals surface area contributed by atoms with E-state index in [1.165, 1.54) is 0 Å². The molecule has 0 heterocycles. The van der Waals surface area contributed by atoms with Crippen molar-refractivity contribution in [1.29, 1.82) is 0 Å². The first kappa shape index (κ1) is 18.2. The maximum absolute atomic E-state index is 12.2. The third kappa shape index (κ3) is 5.00. The van der Waals surface area contributed by atoms with Gasteiger partial charge < -0.3 is 14.5 Å². The van der Waals surface area contributed by atoms with Gasteiger partial charge in [-0.25, -0.2) is 0 Å². The minimum absolute atomic E-state index is 0.430. The highest BCUT2D eigenvalue weighted by molar-refractivity contribution is 7.54. The van der Waals surface area contributed by atoms with Gasteiger partial charge in [0.15, 0.2) is 5.16 Å². The molecule has 0 amide bonds. The molecule has 12 heteroatoms. The van der Waals surface area contributed by atoms with Crippen LogP contribution in [0.5, 0.6) is 0 Å². The van der Waals surface area contributed by atoms with E-state index in [-0.39, 0.29) is 0 Å². The van der Waals surface area contributed by atoms with Crippen LogP contribution in [0.3, 0.4) is 0 Å². The summed E-state index contributed by atoms with van der Waals surface area (Å²) in [6.07, 6.45) is -16.1. The monoisotopic (exact) mass is 318 g/mol. The second-order valence-corrected chi connectivity index (χ2v) is 5.60. The largest absolute Gasteiger partial charge is 0.468 e. The summed E-state index contributed by atoms with van der Waals surface area (Å²) in [6, 6.07) is 0. The predicted octanol–water partition coefficient (Wildman–Crippen LogP) is 1.98. The Hall–Kier alpha value is -0.800. The number of alkyl halides is 6. The van der Waals surface area contributed by atoms with Gasteiger partial charge >= 0.3 is 25.9 Å². The SMILES string of the molecule is COC(=O)C(CC(F)(F)F)(CC(F)(F)F)P(=O)(O)O. The standard InChI is InChI=1S/C7H9F6O5P/c1-18-4(14)5(19(15,16)17,2-6(8,9)10)3-7(11,12)13/h2-3H2,1H3,(H2,15,16,17). The third-order valence-electron chi connectivity index (χ3n) is 2.11. The summed E-state index contributed by atoms with van der Waals surface area (Å²) in [7, 11) is -5.66. The number of carbonyl (C=O) groups is 1. The highest BCUT2D eigenvalue weighted by atomic mass is 31.2. The van der Waals surface area contributed by atoms with E-state index in [2.05, 4.69) is 4.74 Å². The highest BCUT2D eigenvalue weighted by Crippen LogP contribution is 2.59. The van der Waals surface area contributed by atoms with Gasteiger partial charge in [0.1, 0.15) is 0 Å². The van der Waals surface area contributed by atoms with Crippen molar-refractivity contribution in [3.8, 4) is 0 Å². The molecule has 0 aliphatic rings. The Balaban J connectivity index is 5.90. The molecule has 0 atom stereocenters. The molecular formula is C7H9F6O5P. The normalized spacial score (nSPS) is 14.4. The highest BCUT2D eigenvalue weighted by Gasteiger charge is 2.64. The van der Waals surface area contributed by atoms with Gasteiger partial charge in [-0.05, 0) is 0 Å². The summed E-state index contributed by atoms with van der Waals surface area (Å²) in [4.78, 5) is 28.7. The quantitative estimate of drug-likeness (QED) is 0.470. The molecule has 0 aromatic rings. The first-order valence-corrected chi connectivity index (χ1v) is 6.03. The lowest BCUT2D eigenvalue weighted by molar-refractivity contribution is -0.184. The first-order chi connectivity index (χ1) is 8.15. The van der Waals surface area contributed by atoms with E-state index in [1.54, 1.807) is 0 Å². The van der Waals surface area contributed by atoms with Crippen LogP contribution in [-0.4, -0.2) is 40.4 Å². The predicted molar refractivity (Wildman–Crippen MR) is 48.1 cm³/mol. The Morgan fingerprint density at radius 1 is 1.05 bits per heavy atom. The summed E-state index contributed by atoms with van der Waals surface area (Å²) < 4.78 is 88.1. The molecule has 0 aliphatic carbocycles. The number of rotatable bonds is 4. The lowest BCUT2D eigenvalue weighted by Crippen LogP contribution is -2.46. The number of hydrogen-bond acceptors (Lipinski definition) is 3. The third-order valence-corrected chi connectivity index (χ3v) is 3.72. The minimum Gasteiger partial charge on any atom is -0.468 e. The van der Waals surface area contributed by atoms with Crippen molar-refractivity contribution in [1.82, 2.24) is 0 Å². The van der Waals surface area contributed by atoms with Crippen molar-refractivity contribution < 1.29 is 50.2 Å². The zero-order valence-corrected chi connectivity index (χ0v) is 10.1. The van der Waals surface area contributed by atoms with Crippen LogP contribution >= 0.6 is 7.60 Å². The van der Waals surface area contributed by atoms with E-state index < -0.39 is 43.9 Å². The maximum Gasteiger partial charge on any atom is 0.390 e. The summed E-state index contributed by atoms with van der Waals surface area (Å²) in [5.41, 5.74) is 0. The number of methoxy groups -OCH3 is 1. The molecule has 19 heavy (non-hydrogen) atoms. The smallest absolute Gasteiger partial charge is 0.390 e. The zero-order chi connectivity index (χ0) is 15.7. The van der Waals surface area contributed by atoms with Gasteiger partial charge in [0.2, 0.25) is 0 Å². The van der Waals surface area contributed by atoms with Gasteiger partial charge in [-0.2, -0.15) is 26.3 Å². The van der Waals surface area contributed by atoms with Crippen molar-refractivity contribution >= 4 is 13.6 Å². The number of halogens is 6. The van der Waals surface area contributed by atoms with Crippen LogP contribution in [0.25, 0.3) is 0 Å². The summed E-state index contributed by atoms with van der Waals surface area (Å²) in [5.74, 6) is -2.27. The van der Waals surface area contributed by atoms with Gasteiger partial charge in [-0.1, -0.05) is 0 Å². The van der Waals surface area contributed by atoms with Gasteiger partial charge in [-0.15, -0.1) is 0 Å². The van der Waals surface area contributed by atoms with Gasteiger partial charge in [-0.3, -0.25) is 9.36 Å². The topological polar surface area (TPSA) is 83.8 Å². The Bertz CT molecular complexity index is 366. The fourth-order valence-electron chi connectivity index (χ4n) is 1.38. The molecule has 0 aromatic heterocycles. The van der Waals surface area contributed by atoms with E-state index in [0.29, 0.717) is 7.11 Å². The second-order valence-electron chi connectivity index (χ2n) is 3.65. The molecule has 0 aromatic carbocycles. The van der Waals surface area contributed by atoms with E-state index >= 15 is 0 Å². The van der Waals surface area contributed by atoms with Crippen LogP contribution < -0.4 is 0 Å². The van der Waals surface area contributed by atoms with Crippen LogP contribution in [0.1, 0.15) is 12.8 Å². The van der Waals surface area contributed by atoms with E-state index in [4.69, 9.17) is 9.79 Å². The Labute approximate surface area is 102 Å². The van der Waals surface area contributed by atoms with Crippen LogP contribution in [0.4, 0.5) is 26.3 Å². The second kappa shape index (κ2) is 5.29. The van der Waals surface area contributed by atoms with Crippen LogP contribution in [-0.2, 0) is 14.1 Å². The van der Waals surface area contributed by atoms with Gasteiger partial charge in [0.05, 0.1) is 20.0 Å². The van der Waals surface area contributed by atoms with Crippen molar-refractivity contribution in [2.45, 2.75) is 30.4 Å². The average molecular weight is 318 g/mol. The molecule has 0 aliphatic heterocycles. The van der Waals surface area contributed by atoms with E-state index in [9.17, 15) is 35.7 Å². The maximum atomic E-state index is 12.2. The number of hydrogen-bond donors (Lipinski definition) is 2. The summed E-state index contributed by atoms with van der Waals surface area (Å²) >= 11 is 0. The molecule has 5 nitrogen and oxygen atoms in total. The van der Waals surface area contributed by atoms with E-state index in [1.807, 2.05) is 0 Å². The van der Waals surface area contributed by atoms with Crippen molar-refractivity contribution in [2.75, 3.05) is 7.11 Å². The van der Waals surface area contributed by atoms with Gasteiger partial charge in [0.25, 0.3) is 0 Å². The number of carbonyl (C=O) groups excluding carboxylic acids is 1. The molecule has 0 radical (unpaired) electrons. The average Bonchev–Trinajstić information content (AvgIpc) is 2.08. The van der Waals surface area contributed by atoms with Crippen LogP contribution in [0.15, 0.2) is 0 Å². The molecule has 2 N–H and O–H groups in total. The number of ether oxygens (including phenoxy) is 1. The number of esters is 1. The molecule has 114 valence electrons. The van der Waals surface area contributed by atoms with Crippen molar-refractivity contribution in [3.05, 3.63) is 0 Å². The zero-order valence-electron chi connectivity index (χ0n) is 9.25. The molecule has 0 unspecified atom stereocenters. The molecule has 0 rings (SSSR count). The van der Waals surface area contributed by atoms with Crippen LogP contribution in [0.2, 0.25) is 0 Å². The molecule has 0 fully saturated rings. The fourth-order valence-corrected chi connectivity index (χ4v) is 2.48. The molecular weight excluding hydrogens is 309 g/mol. The Morgan fingerprint density at radius 2 is 1.37 bits per heavy atom. The molecule has 0 bridgehead atoms. The lowest BCUT2D eigenvalue weighted by Gasteiger charge is -2.32. The Morgan fingerprint density at radius 3 is 1.53 bits per heavy atom. The Kier molecular flexibility index (Phi) is 5.07. The fraction of sp³-hybridized carbons (Fsp3) is 0.857. The lowest BCUT2D eigenvalue weighted by atomic mass is 9.99. The first-order valence-electron chi connectivity index (χ1n) is 4.42.